The third kappa shape index (κ3) is 6.83. The summed E-state index contributed by atoms with van der Waals surface area (Å²) in [5.41, 5.74) is 7.67. The molecule has 2 aromatic rings. The molecule has 6 nitrogen and oxygen atoms in total. The van der Waals surface area contributed by atoms with Gasteiger partial charge in [-0.05, 0) is 24.0 Å². The van der Waals surface area contributed by atoms with Crippen LogP contribution < -0.4 is 16.4 Å². The van der Waals surface area contributed by atoms with E-state index in [2.05, 4.69) is 17.9 Å². The SMILES string of the molecule is [2H]N(C(=O)[C@H](CS)NC(=O)[C@H](N)Cc1ccccc1)[C@H](C=O)Cc1ccccc1. The minimum Gasteiger partial charge on any atom is -0.344 e. The van der Waals surface area contributed by atoms with Gasteiger partial charge in [0.15, 0.2) is 1.41 Å². The van der Waals surface area contributed by atoms with Crippen molar-refractivity contribution in [3.8, 4) is 0 Å². The minimum atomic E-state index is -1.05. The van der Waals surface area contributed by atoms with Crippen molar-refractivity contribution >= 4 is 30.7 Å². The molecular weight excluding hydrogens is 374 g/mol. The highest BCUT2D eigenvalue weighted by atomic mass is 32.1. The van der Waals surface area contributed by atoms with Gasteiger partial charge in [0.2, 0.25) is 11.8 Å². The topological polar surface area (TPSA) is 101 Å². The van der Waals surface area contributed by atoms with E-state index in [0.29, 0.717) is 18.0 Å². The number of carbonyl (C=O) groups is 3. The lowest BCUT2D eigenvalue weighted by molar-refractivity contribution is -0.130. The fraction of sp³-hybridized carbons (Fsp3) is 0.286. The third-order valence-corrected chi connectivity index (χ3v) is 4.54. The van der Waals surface area contributed by atoms with E-state index in [-0.39, 0.29) is 12.2 Å². The molecule has 3 atom stereocenters. The molecule has 0 fully saturated rings. The summed E-state index contributed by atoms with van der Waals surface area (Å²) < 4.78 is 8.09. The van der Waals surface area contributed by atoms with E-state index in [1.807, 2.05) is 60.7 Å². The number of amides is 2. The highest BCUT2D eigenvalue weighted by Crippen LogP contribution is 2.04. The monoisotopic (exact) mass is 400 g/mol. The summed E-state index contributed by atoms with van der Waals surface area (Å²) in [6.07, 6.45) is 1.08. The van der Waals surface area contributed by atoms with Gasteiger partial charge in [0.05, 0.1) is 12.1 Å². The van der Waals surface area contributed by atoms with Crippen LogP contribution in [0.1, 0.15) is 11.1 Å². The van der Waals surface area contributed by atoms with Crippen molar-refractivity contribution in [1.82, 2.24) is 10.6 Å². The molecule has 0 aromatic heterocycles. The molecule has 4 N–H and O–H groups in total. The molecule has 7 heteroatoms. The Bertz CT molecular complexity index is 807. The van der Waals surface area contributed by atoms with Gasteiger partial charge in [0.1, 0.15) is 12.3 Å². The molecule has 0 bridgehead atoms. The van der Waals surface area contributed by atoms with Crippen LogP contribution in [0.25, 0.3) is 0 Å². The van der Waals surface area contributed by atoms with Gasteiger partial charge >= 0.3 is 0 Å². The molecule has 2 rings (SSSR count). The summed E-state index contributed by atoms with van der Waals surface area (Å²) in [4.78, 5) is 36.5. The number of thiol groups is 1. The van der Waals surface area contributed by atoms with Crippen LogP contribution in [-0.4, -0.2) is 42.0 Å². The smallest absolute Gasteiger partial charge is 0.244 e. The molecule has 0 aliphatic carbocycles. The largest absolute Gasteiger partial charge is 0.344 e. The molecule has 28 heavy (non-hydrogen) atoms. The Morgan fingerprint density at radius 1 is 1.00 bits per heavy atom. The quantitative estimate of drug-likeness (QED) is 0.352. The predicted octanol–water partition coefficient (Wildman–Crippen LogP) is 0.897. The summed E-state index contributed by atoms with van der Waals surface area (Å²) in [6.45, 7) is 0. The number of benzene rings is 2. The summed E-state index contributed by atoms with van der Waals surface area (Å²) in [5, 5.41) is 3.14. The maximum Gasteiger partial charge on any atom is 0.244 e. The zero-order valence-corrected chi connectivity index (χ0v) is 16.3. The highest BCUT2D eigenvalue weighted by molar-refractivity contribution is 7.80. The van der Waals surface area contributed by atoms with Crippen molar-refractivity contribution < 1.29 is 15.8 Å². The number of hydrogen-bond donors (Lipinski definition) is 4. The number of nitrogens with one attached hydrogen (secondary N) is 2. The fourth-order valence-electron chi connectivity index (χ4n) is 2.66. The first-order chi connectivity index (χ1) is 14.0. The molecule has 0 spiro atoms. The van der Waals surface area contributed by atoms with E-state index in [1.54, 1.807) is 0 Å². The molecular formula is C21H25N3O3S. The van der Waals surface area contributed by atoms with Crippen molar-refractivity contribution in [3.05, 3.63) is 71.8 Å². The van der Waals surface area contributed by atoms with E-state index >= 15 is 0 Å². The number of hydrogen-bond acceptors (Lipinski definition) is 5. The minimum absolute atomic E-state index is 0.0189. The van der Waals surface area contributed by atoms with Crippen LogP contribution in [0.2, 0.25) is 1.41 Å². The average Bonchev–Trinajstić information content (AvgIpc) is 2.76. The van der Waals surface area contributed by atoms with Gasteiger partial charge in [0.25, 0.3) is 0 Å². The van der Waals surface area contributed by atoms with Crippen LogP contribution >= 0.6 is 12.6 Å². The molecule has 0 saturated heterocycles. The summed E-state index contributed by atoms with van der Waals surface area (Å²) in [7, 11) is 0. The normalized spacial score (nSPS) is 14.3. The second kappa shape index (κ2) is 11.3. The van der Waals surface area contributed by atoms with Gasteiger partial charge in [-0.2, -0.15) is 12.6 Å². The highest BCUT2D eigenvalue weighted by Gasteiger charge is 2.24. The fourth-order valence-corrected chi connectivity index (χ4v) is 2.91. The Morgan fingerprint density at radius 3 is 2.04 bits per heavy atom. The first-order valence-corrected chi connectivity index (χ1v) is 9.61. The van der Waals surface area contributed by atoms with Crippen LogP contribution in [0, 0.1) is 0 Å². The first-order valence-electron chi connectivity index (χ1n) is 9.43. The van der Waals surface area contributed by atoms with E-state index in [0.717, 1.165) is 11.1 Å². The number of rotatable bonds is 10. The summed E-state index contributed by atoms with van der Waals surface area (Å²) >= 11 is 4.11. The number of nitrogens with two attached hydrogens (primary N) is 1. The standard InChI is InChI=1S/C21H25N3O3S/c22-18(12-16-9-5-2-6-10-16)20(26)24-19(14-28)21(27)23-17(13-25)11-15-7-3-1-4-8-15/h1-10,13,17-19,28H,11-12,14,22H2,(H,23,27)(H,24,26)/t17-,18+,19-/m0/s1/i/hD. The van der Waals surface area contributed by atoms with Crippen LogP contribution in [0.3, 0.4) is 0 Å². The Balaban J connectivity index is 1.98. The first kappa shape index (κ1) is 20.1. The second-order valence-corrected chi connectivity index (χ2v) is 6.77. The molecule has 0 unspecified atom stereocenters. The summed E-state index contributed by atoms with van der Waals surface area (Å²) in [6, 6.07) is 15.5. The Hall–Kier alpha value is -2.64. The molecule has 0 aliphatic heterocycles. The van der Waals surface area contributed by atoms with Crippen LogP contribution in [0.15, 0.2) is 60.7 Å². The Morgan fingerprint density at radius 2 is 1.54 bits per heavy atom. The van der Waals surface area contributed by atoms with Crippen molar-refractivity contribution in [2.75, 3.05) is 5.75 Å². The molecule has 148 valence electrons. The van der Waals surface area contributed by atoms with Gasteiger partial charge in [-0.1, -0.05) is 60.7 Å². The molecule has 2 aromatic carbocycles. The molecule has 0 radical (unpaired) electrons. The number of carbonyl (C=O) groups excluding carboxylic acids is 3. The maximum atomic E-state index is 12.7. The zero-order chi connectivity index (χ0) is 21.2. The van der Waals surface area contributed by atoms with Gasteiger partial charge in [-0.25, -0.2) is 0 Å². The van der Waals surface area contributed by atoms with Gasteiger partial charge in [-0.3, -0.25) is 9.59 Å². The van der Waals surface area contributed by atoms with Crippen molar-refractivity contribution in [2.45, 2.75) is 31.0 Å². The van der Waals surface area contributed by atoms with E-state index in [9.17, 15) is 14.4 Å². The summed E-state index contributed by atoms with van der Waals surface area (Å²) in [5.74, 6) is -1.25. The van der Waals surface area contributed by atoms with Crippen molar-refractivity contribution in [2.24, 2.45) is 5.73 Å². The Kier molecular flexibility index (Phi) is 8.08. The van der Waals surface area contributed by atoms with Crippen molar-refractivity contribution in [1.29, 1.82) is 0 Å². The van der Waals surface area contributed by atoms with E-state index in [4.69, 9.17) is 7.15 Å². The van der Waals surface area contributed by atoms with Crippen LogP contribution in [-0.2, 0) is 27.2 Å². The van der Waals surface area contributed by atoms with Gasteiger partial charge in [-0.15, -0.1) is 0 Å². The molecule has 0 saturated carbocycles. The van der Waals surface area contributed by atoms with Gasteiger partial charge in [0, 0.05) is 5.75 Å². The second-order valence-electron chi connectivity index (χ2n) is 6.40. The lowest BCUT2D eigenvalue weighted by Gasteiger charge is -2.21. The lowest BCUT2D eigenvalue weighted by Crippen LogP contribution is -2.55. The zero-order valence-electron chi connectivity index (χ0n) is 16.4. The molecule has 0 heterocycles. The van der Waals surface area contributed by atoms with Crippen LogP contribution in [0.4, 0.5) is 0 Å². The molecule has 2 amide bonds. The Labute approximate surface area is 171 Å². The van der Waals surface area contributed by atoms with E-state index in [1.165, 1.54) is 0 Å². The third-order valence-electron chi connectivity index (χ3n) is 4.17. The van der Waals surface area contributed by atoms with Crippen molar-refractivity contribution in [3.63, 3.8) is 0 Å². The predicted molar refractivity (Wildman–Crippen MR) is 112 cm³/mol. The maximum absolute atomic E-state index is 12.7. The lowest BCUT2D eigenvalue weighted by atomic mass is 10.1. The van der Waals surface area contributed by atoms with Gasteiger partial charge < -0.3 is 21.2 Å². The number of aldehydes is 1. The van der Waals surface area contributed by atoms with Crippen LogP contribution in [0.5, 0.6) is 0 Å². The molecule has 0 aliphatic rings. The van der Waals surface area contributed by atoms with E-state index < -0.39 is 29.9 Å². The average molecular weight is 401 g/mol.